The van der Waals surface area contributed by atoms with Gasteiger partial charge in [-0.2, -0.15) is 0 Å². The maximum atomic E-state index is 10.8. The van der Waals surface area contributed by atoms with Crippen LogP contribution in [0.15, 0.2) is 0 Å². The molecule has 1 saturated heterocycles. The van der Waals surface area contributed by atoms with Crippen molar-refractivity contribution in [1.82, 2.24) is 0 Å². The summed E-state index contributed by atoms with van der Waals surface area (Å²) in [7, 11) is 0. The molecule has 1 fully saturated rings. The Kier molecular flexibility index (Phi) is 8.42. The van der Waals surface area contributed by atoms with Crippen LogP contribution in [0.25, 0.3) is 0 Å². The molecule has 0 radical (unpaired) electrons. The fourth-order valence-electron chi connectivity index (χ4n) is 2.19. The summed E-state index contributed by atoms with van der Waals surface area (Å²) in [5, 5.41) is 28.3. The van der Waals surface area contributed by atoms with Crippen molar-refractivity contribution in [2.45, 2.75) is 63.3 Å². The Bertz CT molecular complexity index is 391. The van der Waals surface area contributed by atoms with Crippen LogP contribution in [-0.4, -0.2) is 71.1 Å². The molecule has 5 N–H and O–H groups in total. The van der Waals surface area contributed by atoms with E-state index in [9.17, 15) is 19.8 Å². The van der Waals surface area contributed by atoms with Crippen molar-refractivity contribution >= 4 is 11.9 Å². The molecule has 23 heavy (non-hydrogen) atoms. The predicted octanol–water partition coefficient (Wildman–Crippen LogP) is -1.01. The quantitative estimate of drug-likeness (QED) is 0.307. The number of carboxylic acids is 1. The molecule has 0 amide bonds. The summed E-state index contributed by atoms with van der Waals surface area (Å²) in [6, 6.07) is -0.933. The molecule has 0 aromatic rings. The largest absolute Gasteiger partial charge is 0.481 e. The molecule has 1 rings (SSSR count). The lowest BCUT2D eigenvalue weighted by Crippen LogP contribution is -2.62. The van der Waals surface area contributed by atoms with Gasteiger partial charge in [0, 0.05) is 20.0 Å². The zero-order valence-corrected chi connectivity index (χ0v) is 13.1. The Hall–Kier alpha value is -1.26. The van der Waals surface area contributed by atoms with E-state index in [0.29, 0.717) is 19.3 Å². The van der Waals surface area contributed by atoms with Crippen molar-refractivity contribution in [3.8, 4) is 0 Å². The lowest BCUT2D eigenvalue weighted by atomic mass is 9.98. The number of rotatable bonds is 9. The fraction of sp³-hybridized carbons (Fsp3) is 0.857. The van der Waals surface area contributed by atoms with E-state index >= 15 is 0 Å². The van der Waals surface area contributed by atoms with Gasteiger partial charge in [0.2, 0.25) is 0 Å². The van der Waals surface area contributed by atoms with Gasteiger partial charge in [-0.05, 0) is 12.8 Å². The lowest BCUT2D eigenvalue weighted by molar-refractivity contribution is -0.267. The molecule has 1 heterocycles. The number of nitrogens with two attached hydrogens (primary N) is 1. The van der Waals surface area contributed by atoms with Crippen LogP contribution in [0.1, 0.15) is 32.6 Å². The normalized spacial score (nSPS) is 30.9. The van der Waals surface area contributed by atoms with Gasteiger partial charge in [0.1, 0.15) is 24.9 Å². The van der Waals surface area contributed by atoms with Crippen LogP contribution < -0.4 is 5.73 Å². The van der Waals surface area contributed by atoms with Crippen molar-refractivity contribution in [3.05, 3.63) is 0 Å². The molecule has 1 aliphatic rings. The summed E-state index contributed by atoms with van der Waals surface area (Å²) in [6.07, 6.45) is -2.45. The number of aliphatic hydroxyl groups is 2. The third kappa shape index (κ3) is 6.80. The van der Waals surface area contributed by atoms with Gasteiger partial charge >= 0.3 is 11.9 Å². The number of aliphatic hydroxyl groups excluding tert-OH is 2. The molecule has 5 atom stereocenters. The van der Waals surface area contributed by atoms with E-state index < -0.39 is 42.6 Å². The number of esters is 1. The second-order valence-electron chi connectivity index (χ2n) is 5.48. The van der Waals surface area contributed by atoms with Crippen LogP contribution in [0.3, 0.4) is 0 Å². The summed E-state index contributed by atoms with van der Waals surface area (Å²) >= 11 is 0. The first-order chi connectivity index (χ1) is 10.8. The molecule has 134 valence electrons. The number of aliphatic carboxylic acids is 1. The highest BCUT2D eigenvalue weighted by Gasteiger charge is 2.43. The molecule has 3 unspecified atom stereocenters. The number of hydrogen-bond acceptors (Lipinski definition) is 8. The maximum Gasteiger partial charge on any atom is 0.303 e. The minimum Gasteiger partial charge on any atom is -0.481 e. The number of hydrogen-bond donors (Lipinski definition) is 4. The first-order valence-electron chi connectivity index (χ1n) is 7.57. The van der Waals surface area contributed by atoms with Crippen molar-refractivity contribution in [1.29, 1.82) is 0 Å². The van der Waals surface area contributed by atoms with Crippen molar-refractivity contribution in [2.75, 3.05) is 13.2 Å². The Morgan fingerprint density at radius 2 is 1.87 bits per heavy atom. The highest BCUT2D eigenvalue weighted by Crippen LogP contribution is 2.21. The summed E-state index contributed by atoms with van der Waals surface area (Å²) in [4.78, 5) is 21.2. The molecule has 0 bridgehead atoms. The lowest BCUT2D eigenvalue weighted by Gasteiger charge is -2.40. The van der Waals surface area contributed by atoms with E-state index in [-0.39, 0.29) is 19.6 Å². The summed E-state index contributed by atoms with van der Waals surface area (Å²) in [5.41, 5.74) is 5.77. The van der Waals surface area contributed by atoms with E-state index in [1.807, 2.05) is 0 Å². The average molecular weight is 335 g/mol. The van der Waals surface area contributed by atoms with Crippen molar-refractivity contribution in [3.63, 3.8) is 0 Å². The van der Waals surface area contributed by atoms with Gasteiger partial charge in [-0.25, -0.2) is 0 Å². The van der Waals surface area contributed by atoms with Crippen LogP contribution in [0.2, 0.25) is 0 Å². The number of unbranched alkanes of at least 4 members (excludes halogenated alkanes) is 2. The number of carboxylic acid groups (broad SMARTS) is 1. The topological polar surface area (TPSA) is 149 Å². The second kappa shape index (κ2) is 9.78. The Morgan fingerprint density at radius 1 is 1.17 bits per heavy atom. The first-order valence-corrected chi connectivity index (χ1v) is 7.57. The molecule has 0 aliphatic carbocycles. The van der Waals surface area contributed by atoms with Gasteiger partial charge in [0.05, 0.1) is 6.04 Å². The average Bonchev–Trinajstić information content (AvgIpc) is 2.48. The van der Waals surface area contributed by atoms with Gasteiger partial charge < -0.3 is 35.3 Å². The van der Waals surface area contributed by atoms with Crippen LogP contribution in [0, 0.1) is 0 Å². The Labute approximate surface area is 134 Å². The van der Waals surface area contributed by atoms with Crippen LogP contribution >= 0.6 is 0 Å². The van der Waals surface area contributed by atoms with Crippen molar-refractivity contribution < 1.29 is 39.1 Å². The highest BCUT2D eigenvalue weighted by molar-refractivity contribution is 5.66. The third-order valence-corrected chi connectivity index (χ3v) is 3.52. The van der Waals surface area contributed by atoms with Gasteiger partial charge in [0.25, 0.3) is 0 Å². The zero-order chi connectivity index (χ0) is 17.4. The summed E-state index contributed by atoms with van der Waals surface area (Å²) < 4.78 is 15.7. The Morgan fingerprint density at radius 3 is 2.48 bits per heavy atom. The molecule has 1 aliphatic heterocycles. The zero-order valence-electron chi connectivity index (χ0n) is 13.1. The molecule has 0 spiro atoms. The molecule has 9 heteroatoms. The Balaban J connectivity index is 2.37. The van der Waals surface area contributed by atoms with E-state index in [2.05, 4.69) is 0 Å². The smallest absolute Gasteiger partial charge is 0.303 e. The number of carbonyl (C=O) groups excluding carboxylic acids is 1. The SMILES string of the molecule is CC(=O)OCC1O[C@@H](OCCCCCC(=O)O)C(N)C(O)[C@H]1O. The molecule has 0 aromatic carbocycles. The molecule has 9 nitrogen and oxygen atoms in total. The predicted molar refractivity (Wildman–Crippen MR) is 77.3 cm³/mol. The summed E-state index contributed by atoms with van der Waals surface area (Å²) in [5.74, 6) is -1.37. The molecule has 0 saturated carbocycles. The van der Waals surface area contributed by atoms with E-state index in [1.54, 1.807) is 0 Å². The number of ether oxygens (including phenoxy) is 3. The number of carbonyl (C=O) groups is 2. The molecule has 0 aromatic heterocycles. The first kappa shape index (κ1) is 19.8. The standard InChI is InChI=1S/C14H25NO8/c1-8(16)22-7-9-12(19)13(20)11(15)14(23-9)21-6-4-2-3-5-10(17)18/h9,11-14,19-20H,2-7,15H2,1H3,(H,17,18)/t9?,11?,12-,13?,14+/m0/s1. The van der Waals surface area contributed by atoms with Crippen LogP contribution in [0.5, 0.6) is 0 Å². The fourth-order valence-corrected chi connectivity index (χ4v) is 2.19. The highest BCUT2D eigenvalue weighted by atomic mass is 16.7. The monoisotopic (exact) mass is 335 g/mol. The third-order valence-electron chi connectivity index (χ3n) is 3.52. The van der Waals surface area contributed by atoms with Crippen LogP contribution in [0.4, 0.5) is 0 Å². The van der Waals surface area contributed by atoms with Crippen molar-refractivity contribution in [2.24, 2.45) is 5.73 Å². The molecular weight excluding hydrogens is 310 g/mol. The van der Waals surface area contributed by atoms with Gasteiger partial charge in [-0.3, -0.25) is 9.59 Å². The maximum absolute atomic E-state index is 10.8. The van der Waals surface area contributed by atoms with Crippen LogP contribution in [-0.2, 0) is 23.8 Å². The summed E-state index contributed by atoms with van der Waals surface area (Å²) in [6.45, 7) is 1.29. The van der Waals surface area contributed by atoms with E-state index in [0.717, 1.165) is 0 Å². The minimum atomic E-state index is -1.28. The minimum absolute atomic E-state index is 0.106. The van der Waals surface area contributed by atoms with Gasteiger partial charge in [-0.15, -0.1) is 0 Å². The van der Waals surface area contributed by atoms with Gasteiger partial charge in [-0.1, -0.05) is 6.42 Å². The van der Waals surface area contributed by atoms with E-state index in [1.165, 1.54) is 6.92 Å². The van der Waals surface area contributed by atoms with E-state index in [4.69, 9.17) is 25.1 Å². The molecular formula is C14H25NO8. The second-order valence-corrected chi connectivity index (χ2v) is 5.48. The van der Waals surface area contributed by atoms with Gasteiger partial charge in [0.15, 0.2) is 6.29 Å².